The Morgan fingerprint density at radius 1 is 1.19 bits per heavy atom. The number of benzene rings is 1. The number of hydrogen-bond donors (Lipinski definition) is 0. The molecule has 0 bridgehead atoms. The van der Waals surface area contributed by atoms with Gasteiger partial charge in [-0.25, -0.2) is 0 Å². The van der Waals surface area contributed by atoms with Crippen LogP contribution >= 0.6 is 0 Å². The first kappa shape index (κ1) is 18.2. The van der Waals surface area contributed by atoms with E-state index in [2.05, 4.69) is 40.1 Å². The molecule has 144 valence electrons. The van der Waals surface area contributed by atoms with Crippen LogP contribution in [0.25, 0.3) is 0 Å². The Morgan fingerprint density at radius 2 is 1.96 bits per heavy atom. The first-order valence-corrected chi connectivity index (χ1v) is 9.90. The normalized spacial score (nSPS) is 19.7. The van der Waals surface area contributed by atoms with Crippen molar-refractivity contribution < 1.29 is 9.32 Å². The summed E-state index contributed by atoms with van der Waals surface area (Å²) in [7, 11) is 0. The Labute approximate surface area is 160 Å². The zero-order valence-corrected chi connectivity index (χ0v) is 16.2. The number of nitrogens with zero attached hydrogens (tertiary/aromatic N) is 4. The molecule has 0 saturated carbocycles. The second kappa shape index (κ2) is 7.82. The molecule has 27 heavy (non-hydrogen) atoms. The zero-order chi connectivity index (χ0) is 18.8. The average Bonchev–Trinajstić information content (AvgIpc) is 3.11. The molecule has 1 fully saturated rings. The summed E-state index contributed by atoms with van der Waals surface area (Å²) < 4.78 is 5.16. The van der Waals surface area contributed by atoms with E-state index in [1.54, 1.807) is 0 Å². The van der Waals surface area contributed by atoms with Crippen LogP contribution in [-0.2, 0) is 17.8 Å². The summed E-state index contributed by atoms with van der Waals surface area (Å²) >= 11 is 0. The molecule has 6 nitrogen and oxygen atoms in total. The number of para-hydroxylation sites is 1. The van der Waals surface area contributed by atoms with Crippen molar-refractivity contribution >= 4 is 11.6 Å². The van der Waals surface area contributed by atoms with Crippen molar-refractivity contribution in [1.82, 2.24) is 15.0 Å². The van der Waals surface area contributed by atoms with Gasteiger partial charge in [0.25, 0.3) is 0 Å². The number of fused-ring (bicyclic) bond motifs is 1. The van der Waals surface area contributed by atoms with Crippen LogP contribution in [0.4, 0.5) is 5.69 Å². The summed E-state index contributed by atoms with van der Waals surface area (Å²) in [6.45, 7) is 9.30. The van der Waals surface area contributed by atoms with Crippen molar-refractivity contribution in [3.05, 3.63) is 47.3 Å². The summed E-state index contributed by atoms with van der Waals surface area (Å²) in [5.41, 5.74) is 3.37. The van der Waals surface area contributed by atoms with Crippen LogP contribution in [0, 0.1) is 6.92 Å². The lowest BCUT2D eigenvalue weighted by molar-refractivity contribution is -0.124. The molecule has 0 aliphatic carbocycles. The van der Waals surface area contributed by atoms with Gasteiger partial charge in [-0.3, -0.25) is 14.6 Å². The lowest BCUT2D eigenvalue weighted by Crippen LogP contribution is -2.55. The van der Waals surface area contributed by atoms with E-state index in [4.69, 9.17) is 4.52 Å². The number of amides is 1. The monoisotopic (exact) mass is 368 g/mol. The fraction of sp³-hybridized carbons (Fsp3) is 0.524. The van der Waals surface area contributed by atoms with E-state index in [9.17, 15) is 4.79 Å². The van der Waals surface area contributed by atoms with Gasteiger partial charge in [0.05, 0.1) is 11.7 Å². The number of hydrogen-bond acceptors (Lipinski definition) is 5. The van der Waals surface area contributed by atoms with Crippen LogP contribution in [0.2, 0.25) is 0 Å². The summed E-state index contributed by atoms with van der Waals surface area (Å²) in [4.78, 5) is 19.9. The van der Waals surface area contributed by atoms with E-state index in [-0.39, 0.29) is 11.9 Å². The highest BCUT2D eigenvalue weighted by Gasteiger charge is 2.31. The molecule has 1 saturated heterocycles. The predicted molar refractivity (Wildman–Crippen MR) is 105 cm³/mol. The van der Waals surface area contributed by atoms with Gasteiger partial charge in [0, 0.05) is 51.0 Å². The molecule has 1 aromatic carbocycles. The van der Waals surface area contributed by atoms with Gasteiger partial charge >= 0.3 is 0 Å². The number of aromatic nitrogens is 1. The Morgan fingerprint density at radius 3 is 2.70 bits per heavy atom. The summed E-state index contributed by atoms with van der Waals surface area (Å²) in [5, 5.41) is 4.08. The van der Waals surface area contributed by atoms with Crippen molar-refractivity contribution in [2.24, 2.45) is 0 Å². The third-order valence-electron chi connectivity index (χ3n) is 5.75. The minimum absolute atomic E-state index is 0.0902. The predicted octanol–water partition coefficient (Wildman–Crippen LogP) is 2.47. The Balaban J connectivity index is 1.35. The summed E-state index contributed by atoms with van der Waals surface area (Å²) in [6, 6.07) is 10.2. The molecule has 2 aromatic rings. The van der Waals surface area contributed by atoms with E-state index in [0.29, 0.717) is 0 Å². The topological polar surface area (TPSA) is 52.8 Å². The Hall–Kier alpha value is -2.18. The van der Waals surface area contributed by atoms with E-state index in [1.165, 1.54) is 5.56 Å². The molecule has 0 radical (unpaired) electrons. The van der Waals surface area contributed by atoms with Crippen molar-refractivity contribution in [2.45, 2.75) is 39.3 Å². The maximum absolute atomic E-state index is 13.2. The molecule has 0 spiro atoms. The van der Waals surface area contributed by atoms with Crippen molar-refractivity contribution in [2.75, 3.05) is 37.6 Å². The highest BCUT2D eigenvalue weighted by molar-refractivity contribution is 5.98. The van der Waals surface area contributed by atoms with E-state index < -0.39 is 0 Å². The first-order valence-electron chi connectivity index (χ1n) is 9.90. The van der Waals surface area contributed by atoms with Crippen LogP contribution < -0.4 is 4.90 Å². The van der Waals surface area contributed by atoms with Crippen molar-refractivity contribution in [3.8, 4) is 0 Å². The summed E-state index contributed by atoms with van der Waals surface area (Å²) in [6.07, 6.45) is 2.11. The van der Waals surface area contributed by atoms with Gasteiger partial charge in [-0.1, -0.05) is 23.4 Å². The smallest absolute Gasteiger partial charge is 0.244 e. The maximum atomic E-state index is 13.2. The minimum Gasteiger partial charge on any atom is -0.361 e. The molecule has 1 aromatic heterocycles. The average molecular weight is 368 g/mol. The maximum Gasteiger partial charge on any atom is 0.244 e. The number of rotatable bonds is 4. The number of aryl methyl sites for hydroxylation is 2. The highest BCUT2D eigenvalue weighted by Crippen LogP contribution is 2.28. The van der Waals surface area contributed by atoms with Gasteiger partial charge in [0.2, 0.25) is 5.91 Å². The molecular weight excluding hydrogens is 340 g/mol. The standard InChI is InChI=1S/C21H28N4O2/c1-16-14-19(22-27-16)15-23-10-12-24(13-11-23)17(2)21(26)25-9-5-7-18-6-3-4-8-20(18)25/h3-4,6,8,14,17H,5,7,9-13,15H2,1-2H3. The molecular formula is C21H28N4O2. The molecule has 6 heteroatoms. The second-order valence-electron chi connectivity index (χ2n) is 7.64. The largest absolute Gasteiger partial charge is 0.361 e. The SMILES string of the molecule is Cc1cc(CN2CCN(C(C)C(=O)N3CCCc4ccccc43)CC2)no1. The highest BCUT2D eigenvalue weighted by atomic mass is 16.5. The van der Waals surface area contributed by atoms with Gasteiger partial charge < -0.3 is 9.42 Å². The third-order valence-corrected chi connectivity index (χ3v) is 5.75. The van der Waals surface area contributed by atoms with Gasteiger partial charge in [-0.15, -0.1) is 0 Å². The van der Waals surface area contributed by atoms with Gasteiger partial charge in [-0.2, -0.15) is 0 Å². The fourth-order valence-electron chi connectivity index (χ4n) is 4.17. The number of piperazine rings is 1. The lowest BCUT2D eigenvalue weighted by Gasteiger charge is -2.39. The van der Waals surface area contributed by atoms with Crippen LogP contribution in [0.5, 0.6) is 0 Å². The zero-order valence-electron chi connectivity index (χ0n) is 16.2. The van der Waals surface area contributed by atoms with Gasteiger partial charge in [0.1, 0.15) is 5.76 Å². The van der Waals surface area contributed by atoms with E-state index in [0.717, 1.165) is 69.3 Å². The second-order valence-corrected chi connectivity index (χ2v) is 7.64. The van der Waals surface area contributed by atoms with Gasteiger partial charge in [-0.05, 0) is 38.3 Å². The van der Waals surface area contributed by atoms with Crippen molar-refractivity contribution in [1.29, 1.82) is 0 Å². The Bertz CT molecular complexity index is 795. The lowest BCUT2D eigenvalue weighted by atomic mass is 10.0. The fourth-order valence-corrected chi connectivity index (χ4v) is 4.17. The third kappa shape index (κ3) is 3.92. The van der Waals surface area contributed by atoms with E-state index in [1.807, 2.05) is 24.0 Å². The van der Waals surface area contributed by atoms with E-state index >= 15 is 0 Å². The van der Waals surface area contributed by atoms with Gasteiger partial charge in [0.15, 0.2) is 0 Å². The molecule has 2 aliphatic heterocycles. The minimum atomic E-state index is -0.0902. The molecule has 1 atom stereocenters. The molecule has 1 unspecified atom stereocenters. The van der Waals surface area contributed by atoms with Crippen LogP contribution in [0.15, 0.2) is 34.9 Å². The Kier molecular flexibility index (Phi) is 5.27. The number of carbonyl (C=O) groups is 1. The molecule has 0 N–H and O–H groups in total. The summed E-state index contributed by atoms with van der Waals surface area (Å²) in [5.74, 6) is 1.08. The number of anilines is 1. The quantitative estimate of drug-likeness (QED) is 0.830. The molecule has 2 aliphatic rings. The molecule has 1 amide bonds. The van der Waals surface area contributed by atoms with Crippen molar-refractivity contribution in [3.63, 3.8) is 0 Å². The van der Waals surface area contributed by atoms with Crippen LogP contribution in [0.1, 0.15) is 30.4 Å². The first-order chi connectivity index (χ1) is 13.1. The van der Waals surface area contributed by atoms with Crippen LogP contribution in [-0.4, -0.2) is 59.6 Å². The molecule has 4 rings (SSSR count). The number of carbonyl (C=O) groups excluding carboxylic acids is 1. The molecule has 3 heterocycles. The van der Waals surface area contributed by atoms with Crippen LogP contribution in [0.3, 0.4) is 0 Å².